The molecule has 0 saturated heterocycles. The Morgan fingerprint density at radius 3 is 2.08 bits per heavy atom. The van der Waals surface area contributed by atoms with Crippen LogP contribution in [0.2, 0.25) is 0 Å². The molecule has 0 aromatic rings. The van der Waals surface area contributed by atoms with Crippen LogP contribution in [0.1, 0.15) is 19.3 Å². The molecule has 12 nitrogen and oxygen atoms in total. The van der Waals surface area contributed by atoms with Crippen LogP contribution in [-0.4, -0.2) is 83.4 Å². The average Bonchev–Trinajstić information content (AvgIpc) is 2.62. The van der Waals surface area contributed by atoms with Crippen LogP contribution in [0.5, 0.6) is 0 Å². The molecule has 0 radical (unpaired) electrons. The van der Waals surface area contributed by atoms with Crippen LogP contribution in [0.25, 0.3) is 0 Å². The molecule has 10 N–H and O–H groups in total. The van der Waals surface area contributed by atoms with E-state index in [1.807, 2.05) is 5.32 Å². The number of aliphatic hydroxyl groups is 2. The normalized spacial score (nSPS) is 14.0. The topological polar surface area (TPSA) is 217 Å². The molecule has 0 aliphatic carbocycles. The summed E-state index contributed by atoms with van der Waals surface area (Å²) in [4.78, 5) is 46.3. The summed E-state index contributed by atoms with van der Waals surface area (Å²) in [6.45, 7) is -1.54. The van der Waals surface area contributed by atoms with Crippen LogP contribution in [0.3, 0.4) is 0 Å². The van der Waals surface area contributed by atoms with Crippen molar-refractivity contribution < 1.29 is 34.5 Å². The first kappa shape index (κ1) is 23.7. The monoisotopic (exact) mass is 377 g/mol. The molecule has 150 valence electrons. The Balaban J connectivity index is 4.67. The maximum Gasteiger partial charge on any atom is 0.328 e. The van der Waals surface area contributed by atoms with Crippen molar-refractivity contribution in [1.29, 1.82) is 0 Å². The molecule has 3 amide bonds. The standard InChI is InChI=1S/C14H27N5O7/c15-4-2-1-3-9(19-12(23)8(16)6-20)13(24)17-5-11(22)18-10(7-21)14(25)26/h8-10,20-21H,1-7,15-16H2,(H,17,24)(H,18,22)(H,19,23)(H,25,26). The predicted octanol–water partition coefficient (Wildman–Crippen LogP) is -4.40. The minimum absolute atomic E-state index is 0.239. The summed E-state index contributed by atoms with van der Waals surface area (Å²) < 4.78 is 0. The third-order valence-corrected chi connectivity index (χ3v) is 3.35. The number of carboxylic acid groups (broad SMARTS) is 1. The van der Waals surface area contributed by atoms with Crippen LogP contribution in [-0.2, 0) is 19.2 Å². The maximum absolute atomic E-state index is 12.2. The Morgan fingerprint density at radius 1 is 0.923 bits per heavy atom. The Hall–Kier alpha value is -2.28. The molecule has 0 heterocycles. The quantitative estimate of drug-likeness (QED) is 0.145. The number of carboxylic acids is 1. The fourth-order valence-electron chi connectivity index (χ4n) is 1.84. The highest BCUT2D eigenvalue weighted by molar-refractivity contribution is 5.92. The summed E-state index contributed by atoms with van der Waals surface area (Å²) in [7, 11) is 0. The van der Waals surface area contributed by atoms with E-state index in [9.17, 15) is 19.2 Å². The summed E-state index contributed by atoms with van der Waals surface area (Å²) in [5.74, 6) is -3.64. The highest BCUT2D eigenvalue weighted by Gasteiger charge is 2.24. The Kier molecular flexibility index (Phi) is 11.9. The minimum atomic E-state index is -1.48. The van der Waals surface area contributed by atoms with Gasteiger partial charge in [0.2, 0.25) is 17.7 Å². The van der Waals surface area contributed by atoms with Gasteiger partial charge >= 0.3 is 5.97 Å². The van der Waals surface area contributed by atoms with Gasteiger partial charge in [-0.3, -0.25) is 14.4 Å². The molecule has 0 aromatic heterocycles. The zero-order valence-corrected chi connectivity index (χ0v) is 14.3. The van der Waals surface area contributed by atoms with Crippen molar-refractivity contribution in [2.75, 3.05) is 26.3 Å². The molecule has 0 fully saturated rings. The number of rotatable bonds is 13. The lowest BCUT2D eigenvalue weighted by atomic mass is 10.1. The molecule has 3 unspecified atom stereocenters. The van der Waals surface area contributed by atoms with Crippen molar-refractivity contribution in [1.82, 2.24) is 16.0 Å². The van der Waals surface area contributed by atoms with Gasteiger partial charge in [-0.1, -0.05) is 0 Å². The van der Waals surface area contributed by atoms with E-state index in [2.05, 4.69) is 10.6 Å². The van der Waals surface area contributed by atoms with Crippen molar-refractivity contribution in [3.05, 3.63) is 0 Å². The SMILES string of the molecule is NCCCCC(NC(=O)C(N)CO)C(=O)NCC(=O)NC(CO)C(=O)O. The van der Waals surface area contributed by atoms with Gasteiger partial charge in [-0.25, -0.2) is 4.79 Å². The van der Waals surface area contributed by atoms with Crippen LogP contribution in [0, 0.1) is 0 Å². The summed E-state index contributed by atoms with van der Waals surface area (Å²) in [6.07, 6.45) is 1.38. The zero-order chi connectivity index (χ0) is 20.1. The van der Waals surface area contributed by atoms with Gasteiger partial charge in [-0.2, -0.15) is 0 Å². The smallest absolute Gasteiger partial charge is 0.328 e. The fraction of sp³-hybridized carbons (Fsp3) is 0.714. The van der Waals surface area contributed by atoms with Crippen molar-refractivity contribution in [3.63, 3.8) is 0 Å². The summed E-state index contributed by atoms with van der Waals surface area (Å²) in [5.41, 5.74) is 10.8. The molecule has 0 aliphatic heterocycles. The van der Waals surface area contributed by atoms with E-state index in [-0.39, 0.29) is 6.42 Å². The number of aliphatic hydroxyl groups excluding tert-OH is 2. The molecular weight excluding hydrogens is 350 g/mol. The number of amides is 3. The largest absolute Gasteiger partial charge is 0.480 e. The van der Waals surface area contributed by atoms with E-state index in [1.54, 1.807) is 0 Å². The van der Waals surface area contributed by atoms with Crippen LogP contribution in [0.4, 0.5) is 0 Å². The van der Waals surface area contributed by atoms with Gasteiger partial charge in [-0.05, 0) is 25.8 Å². The molecule has 0 saturated carbocycles. The van der Waals surface area contributed by atoms with Crippen molar-refractivity contribution in [3.8, 4) is 0 Å². The number of unbranched alkanes of at least 4 members (excludes halogenated alkanes) is 1. The number of aliphatic carboxylic acids is 1. The lowest BCUT2D eigenvalue weighted by Crippen LogP contribution is -2.54. The number of hydrogen-bond acceptors (Lipinski definition) is 8. The zero-order valence-electron chi connectivity index (χ0n) is 14.3. The third-order valence-electron chi connectivity index (χ3n) is 3.35. The highest BCUT2D eigenvalue weighted by atomic mass is 16.4. The van der Waals surface area contributed by atoms with Gasteiger partial charge in [0, 0.05) is 0 Å². The molecule has 0 aromatic carbocycles. The molecule has 0 bridgehead atoms. The van der Waals surface area contributed by atoms with E-state index in [0.29, 0.717) is 19.4 Å². The van der Waals surface area contributed by atoms with Gasteiger partial charge in [0.05, 0.1) is 19.8 Å². The van der Waals surface area contributed by atoms with Gasteiger partial charge < -0.3 is 42.7 Å². The second-order valence-electron chi connectivity index (χ2n) is 5.49. The Morgan fingerprint density at radius 2 is 1.58 bits per heavy atom. The molecule has 0 spiro atoms. The Labute approximate surface area is 150 Å². The van der Waals surface area contributed by atoms with Crippen LogP contribution < -0.4 is 27.4 Å². The predicted molar refractivity (Wildman–Crippen MR) is 89.6 cm³/mol. The first-order chi connectivity index (χ1) is 12.3. The average molecular weight is 377 g/mol. The lowest BCUT2D eigenvalue weighted by Gasteiger charge is -2.20. The van der Waals surface area contributed by atoms with Crippen molar-refractivity contribution in [2.45, 2.75) is 37.4 Å². The van der Waals surface area contributed by atoms with Gasteiger partial charge in [0.25, 0.3) is 0 Å². The molecular formula is C14H27N5O7. The second-order valence-corrected chi connectivity index (χ2v) is 5.49. The molecule has 0 rings (SSSR count). The third kappa shape index (κ3) is 9.27. The van der Waals surface area contributed by atoms with Crippen LogP contribution >= 0.6 is 0 Å². The van der Waals surface area contributed by atoms with Gasteiger partial charge in [-0.15, -0.1) is 0 Å². The van der Waals surface area contributed by atoms with E-state index >= 15 is 0 Å². The second kappa shape index (κ2) is 13.0. The van der Waals surface area contributed by atoms with Crippen molar-refractivity contribution >= 4 is 23.7 Å². The number of carbonyl (C=O) groups is 4. The van der Waals surface area contributed by atoms with E-state index in [0.717, 1.165) is 0 Å². The van der Waals surface area contributed by atoms with Crippen molar-refractivity contribution in [2.24, 2.45) is 11.5 Å². The van der Waals surface area contributed by atoms with E-state index < -0.39 is 61.6 Å². The molecule has 0 aliphatic rings. The van der Waals surface area contributed by atoms with E-state index in [1.165, 1.54) is 0 Å². The number of nitrogens with two attached hydrogens (primary N) is 2. The summed E-state index contributed by atoms with van der Waals surface area (Å²) in [5, 5.41) is 33.1. The first-order valence-electron chi connectivity index (χ1n) is 8.04. The number of carbonyl (C=O) groups excluding carboxylic acids is 3. The minimum Gasteiger partial charge on any atom is -0.480 e. The van der Waals surface area contributed by atoms with Gasteiger partial charge in [0.1, 0.15) is 18.1 Å². The number of nitrogens with one attached hydrogen (secondary N) is 3. The van der Waals surface area contributed by atoms with Crippen LogP contribution in [0.15, 0.2) is 0 Å². The molecule has 3 atom stereocenters. The maximum atomic E-state index is 12.2. The lowest BCUT2D eigenvalue weighted by molar-refractivity contribution is -0.142. The molecule has 26 heavy (non-hydrogen) atoms. The van der Waals surface area contributed by atoms with E-state index in [4.69, 9.17) is 26.8 Å². The molecule has 12 heteroatoms. The summed E-state index contributed by atoms with van der Waals surface area (Å²) >= 11 is 0. The van der Waals surface area contributed by atoms with Gasteiger partial charge in [0.15, 0.2) is 0 Å². The highest BCUT2D eigenvalue weighted by Crippen LogP contribution is 2.01. The Bertz CT molecular complexity index is 488. The first-order valence-corrected chi connectivity index (χ1v) is 8.04. The summed E-state index contributed by atoms with van der Waals surface area (Å²) in [6, 6.07) is -3.67. The fourth-order valence-corrected chi connectivity index (χ4v) is 1.84. The number of hydrogen-bond donors (Lipinski definition) is 8.